The number of rotatable bonds is 1. The van der Waals surface area contributed by atoms with Crippen molar-refractivity contribution >= 4 is 11.6 Å². The number of hydrogen-bond acceptors (Lipinski definition) is 0. The zero-order chi connectivity index (χ0) is 9.97. The summed E-state index contributed by atoms with van der Waals surface area (Å²) in [5.41, 5.74) is 2.40. The van der Waals surface area contributed by atoms with Crippen molar-refractivity contribution in [1.82, 2.24) is 0 Å². The predicted molar refractivity (Wildman–Crippen MR) is 58.1 cm³/mol. The van der Waals surface area contributed by atoms with Gasteiger partial charge in [0.25, 0.3) is 0 Å². The molecule has 0 atom stereocenters. The highest BCUT2D eigenvalue weighted by Crippen LogP contribution is 2.19. The smallest absolute Gasteiger partial charge is 0.169 e. The number of halogens is 2. The number of aromatic nitrogens is 1. The van der Waals surface area contributed by atoms with Crippen molar-refractivity contribution < 1.29 is 28.5 Å². The van der Waals surface area contributed by atoms with E-state index >= 15 is 0 Å². The first-order chi connectivity index (χ1) is 6.75. The third-order valence-corrected chi connectivity index (χ3v) is 2.41. The van der Waals surface area contributed by atoms with Gasteiger partial charge in [-0.3, -0.25) is 0 Å². The monoisotopic (exact) mass is 331 g/mol. The molecule has 0 aliphatic carbocycles. The van der Waals surface area contributed by atoms with Crippen molar-refractivity contribution in [2.75, 3.05) is 0 Å². The van der Waals surface area contributed by atoms with E-state index in [9.17, 15) is 0 Å². The number of hydrogen-bond donors (Lipinski definition) is 0. The van der Waals surface area contributed by atoms with E-state index in [1.807, 2.05) is 48.3 Å². The maximum atomic E-state index is 5.82. The summed E-state index contributed by atoms with van der Waals surface area (Å²) in [6.07, 6.45) is 4.06. The molecule has 1 nitrogen and oxygen atoms in total. The van der Waals surface area contributed by atoms with Gasteiger partial charge in [0, 0.05) is 17.2 Å². The molecule has 0 fully saturated rings. The van der Waals surface area contributed by atoms with Crippen LogP contribution in [-0.2, 0) is 7.05 Å². The maximum Gasteiger partial charge on any atom is 0.169 e. The summed E-state index contributed by atoms with van der Waals surface area (Å²) in [6.45, 7) is 0. The van der Waals surface area contributed by atoms with E-state index in [0.717, 1.165) is 5.02 Å². The summed E-state index contributed by atoms with van der Waals surface area (Å²) < 4.78 is 2.01. The van der Waals surface area contributed by atoms with E-state index < -0.39 is 0 Å². The quantitative estimate of drug-likeness (QED) is 0.505. The van der Waals surface area contributed by atoms with Gasteiger partial charge >= 0.3 is 0 Å². The lowest BCUT2D eigenvalue weighted by Gasteiger charge is -1.99. The molecule has 2 rings (SSSR count). The van der Waals surface area contributed by atoms with Crippen molar-refractivity contribution in [3.63, 3.8) is 0 Å². The third kappa shape index (κ3) is 3.18. The molecule has 3 heteroatoms. The summed E-state index contributed by atoms with van der Waals surface area (Å²) in [5, 5.41) is 0.773. The fraction of sp³-hybridized carbons (Fsp3) is 0.0833. The van der Waals surface area contributed by atoms with E-state index in [2.05, 4.69) is 12.1 Å². The molecule has 0 aliphatic rings. The molecule has 0 N–H and O–H groups in total. The molecule has 0 bridgehead atoms. The van der Waals surface area contributed by atoms with Gasteiger partial charge in [-0.25, -0.2) is 4.57 Å². The van der Waals surface area contributed by atoms with Crippen LogP contribution in [-0.4, -0.2) is 0 Å². The van der Waals surface area contributed by atoms with Gasteiger partial charge < -0.3 is 24.0 Å². The highest BCUT2D eigenvalue weighted by molar-refractivity contribution is 6.30. The van der Waals surface area contributed by atoms with Crippen LogP contribution in [0.2, 0.25) is 5.02 Å². The van der Waals surface area contributed by atoms with E-state index in [1.54, 1.807) is 0 Å². The molecule has 2 aromatic rings. The zero-order valence-electron chi connectivity index (χ0n) is 8.32. The van der Waals surface area contributed by atoms with Crippen molar-refractivity contribution in [3.05, 3.63) is 53.8 Å². The minimum atomic E-state index is 0. The van der Waals surface area contributed by atoms with Crippen molar-refractivity contribution in [3.8, 4) is 11.1 Å². The highest BCUT2D eigenvalue weighted by Gasteiger charge is 1.98. The molecule has 1 heterocycles. The molecular formula is C12H11ClIN. The summed E-state index contributed by atoms with van der Waals surface area (Å²) in [4.78, 5) is 0. The Bertz CT molecular complexity index is 379. The average Bonchev–Trinajstić information content (AvgIpc) is 2.21. The van der Waals surface area contributed by atoms with Crippen LogP contribution in [0.3, 0.4) is 0 Å². The Hall–Kier alpha value is -0.610. The minimum Gasteiger partial charge on any atom is -1.00 e. The Morgan fingerprint density at radius 1 is 0.867 bits per heavy atom. The van der Waals surface area contributed by atoms with Gasteiger partial charge in [-0.15, -0.1) is 0 Å². The molecule has 0 aliphatic heterocycles. The first kappa shape index (κ1) is 12.5. The van der Waals surface area contributed by atoms with Crippen LogP contribution in [0.25, 0.3) is 11.1 Å². The van der Waals surface area contributed by atoms with Gasteiger partial charge in [-0.1, -0.05) is 23.7 Å². The summed E-state index contributed by atoms with van der Waals surface area (Å²) in [7, 11) is 2.01. The fourth-order valence-corrected chi connectivity index (χ4v) is 1.46. The first-order valence-corrected chi connectivity index (χ1v) is 4.85. The van der Waals surface area contributed by atoms with Gasteiger partial charge in [-0.05, 0) is 23.3 Å². The van der Waals surface area contributed by atoms with Gasteiger partial charge in [0.15, 0.2) is 12.4 Å². The van der Waals surface area contributed by atoms with E-state index in [-0.39, 0.29) is 24.0 Å². The third-order valence-electron chi connectivity index (χ3n) is 2.16. The van der Waals surface area contributed by atoms with Crippen molar-refractivity contribution in [2.24, 2.45) is 7.05 Å². The van der Waals surface area contributed by atoms with Crippen LogP contribution in [0.5, 0.6) is 0 Å². The zero-order valence-corrected chi connectivity index (χ0v) is 11.2. The largest absolute Gasteiger partial charge is 1.00 e. The first-order valence-electron chi connectivity index (χ1n) is 4.47. The topological polar surface area (TPSA) is 3.88 Å². The Morgan fingerprint density at radius 2 is 1.33 bits per heavy atom. The Morgan fingerprint density at radius 3 is 1.87 bits per heavy atom. The standard InChI is InChI=1S/C12H11ClN.HI/c1-14-8-6-11(7-9-14)10-2-4-12(13)5-3-10;/h2-9H,1H3;1H/q+1;/p-1. The number of nitrogens with zero attached hydrogens (tertiary/aromatic N) is 1. The Labute approximate surface area is 112 Å². The lowest BCUT2D eigenvalue weighted by molar-refractivity contribution is -0.671. The predicted octanol–water partition coefficient (Wildman–Crippen LogP) is -0.165. The van der Waals surface area contributed by atoms with Gasteiger partial charge in [-0.2, -0.15) is 0 Å². The number of benzene rings is 1. The second-order valence-corrected chi connectivity index (χ2v) is 3.70. The van der Waals surface area contributed by atoms with Crippen LogP contribution in [0.4, 0.5) is 0 Å². The Balaban J connectivity index is 0.00000112. The molecule has 1 aromatic carbocycles. The normalized spacial score (nSPS) is 9.47. The maximum absolute atomic E-state index is 5.82. The van der Waals surface area contributed by atoms with Gasteiger partial charge in [0.1, 0.15) is 7.05 Å². The second-order valence-electron chi connectivity index (χ2n) is 3.26. The SMILES string of the molecule is C[n+]1ccc(-c2ccc(Cl)cc2)cc1.[I-]. The molecule has 0 spiro atoms. The molecular weight excluding hydrogens is 320 g/mol. The van der Waals surface area contributed by atoms with Crippen LogP contribution >= 0.6 is 11.6 Å². The molecule has 0 saturated carbocycles. The minimum absolute atomic E-state index is 0. The van der Waals surface area contributed by atoms with Crippen molar-refractivity contribution in [1.29, 1.82) is 0 Å². The molecule has 0 unspecified atom stereocenters. The average molecular weight is 332 g/mol. The van der Waals surface area contributed by atoms with Crippen molar-refractivity contribution in [2.45, 2.75) is 0 Å². The summed E-state index contributed by atoms with van der Waals surface area (Å²) in [5.74, 6) is 0. The van der Waals surface area contributed by atoms with Gasteiger partial charge in [0.05, 0.1) is 0 Å². The summed E-state index contributed by atoms with van der Waals surface area (Å²) in [6, 6.07) is 12.0. The van der Waals surface area contributed by atoms with Crippen LogP contribution in [0.15, 0.2) is 48.8 Å². The number of pyridine rings is 1. The van der Waals surface area contributed by atoms with Crippen LogP contribution in [0, 0.1) is 0 Å². The molecule has 0 amide bonds. The molecule has 0 radical (unpaired) electrons. The fourth-order valence-electron chi connectivity index (χ4n) is 1.34. The van der Waals surface area contributed by atoms with Crippen LogP contribution < -0.4 is 28.5 Å². The van der Waals surface area contributed by atoms with E-state index in [4.69, 9.17) is 11.6 Å². The van der Waals surface area contributed by atoms with Crippen LogP contribution in [0.1, 0.15) is 0 Å². The highest BCUT2D eigenvalue weighted by atomic mass is 127. The molecule has 1 aromatic heterocycles. The molecule has 15 heavy (non-hydrogen) atoms. The summed E-state index contributed by atoms with van der Waals surface area (Å²) >= 11 is 5.82. The van der Waals surface area contributed by atoms with E-state index in [1.165, 1.54) is 11.1 Å². The van der Waals surface area contributed by atoms with Gasteiger partial charge in [0.2, 0.25) is 0 Å². The molecule has 0 saturated heterocycles. The lowest BCUT2D eigenvalue weighted by Crippen LogP contribution is -3.00. The Kier molecular flexibility index (Phi) is 4.54. The second kappa shape index (κ2) is 5.47. The lowest BCUT2D eigenvalue weighted by atomic mass is 10.1. The number of aryl methyl sites for hydroxylation is 1. The van der Waals surface area contributed by atoms with E-state index in [0.29, 0.717) is 0 Å². The molecule has 78 valence electrons.